The van der Waals surface area contributed by atoms with Gasteiger partial charge in [-0.1, -0.05) is 0 Å². The highest BCUT2D eigenvalue weighted by Gasteiger charge is 2.25. The Labute approximate surface area is 89.7 Å². The number of nitrogens with one attached hydrogen (secondary N) is 1. The first kappa shape index (κ1) is 10.2. The van der Waals surface area contributed by atoms with Crippen LogP contribution in [-0.2, 0) is 12.0 Å². The Morgan fingerprint density at radius 2 is 2.20 bits per heavy atom. The molecule has 1 aliphatic heterocycles. The zero-order valence-electron chi connectivity index (χ0n) is 9.50. The predicted octanol–water partition coefficient (Wildman–Crippen LogP) is 1.31. The third-order valence-electron chi connectivity index (χ3n) is 2.62. The number of carbonyl (C=O) groups excluding carboxylic acids is 1. The van der Waals surface area contributed by atoms with E-state index in [4.69, 9.17) is 0 Å². The minimum Gasteiger partial charge on any atom is -0.352 e. The van der Waals surface area contributed by atoms with Gasteiger partial charge in [-0.3, -0.25) is 9.48 Å². The molecule has 1 N–H and O–H groups in total. The molecule has 4 nitrogen and oxygen atoms in total. The first-order chi connectivity index (χ1) is 7.00. The standard InChI is InChI=1S/C11H17N3O/c1-11(2,3)14-9-5-4-6-12-10(15)8(9)7-13-14/h7H,4-6H2,1-3H3,(H,12,15). The number of hydrogen-bond donors (Lipinski definition) is 1. The molecular formula is C11H17N3O. The van der Waals surface area contributed by atoms with Crippen molar-refractivity contribution < 1.29 is 4.79 Å². The molecule has 0 saturated heterocycles. The molecule has 1 aromatic rings. The second-order valence-electron chi connectivity index (χ2n) is 4.95. The largest absolute Gasteiger partial charge is 0.352 e. The van der Waals surface area contributed by atoms with E-state index in [0.717, 1.165) is 30.6 Å². The number of carbonyl (C=O) groups is 1. The summed E-state index contributed by atoms with van der Waals surface area (Å²) < 4.78 is 1.97. The van der Waals surface area contributed by atoms with Crippen LogP contribution in [0.25, 0.3) is 0 Å². The lowest BCUT2D eigenvalue weighted by Crippen LogP contribution is -2.25. The summed E-state index contributed by atoms with van der Waals surface area (Å²) in [5.41, 5.74) is 1.75. The van der Waals surface area contributed by atoms with E-state index in [-0.39, 0.29) is 11.4 Å². The molecule has 1 aromatic heterocycles. The van der Waals surface area contributed by atoms with Crippen molar-refractivity contribution in [1.82, 2.24) is 15.1 Å². The van der Waals surface area contributed by atoms with Crippen LogP contribution in [0.5, 0.6) is 0 Å². The Kier molecular flexibility index (Phi) is 2.29. The average Bonchev–Trinajstić information content (AvgIpc) is 2.48. The molecule has 82 valence electrons. The number of rotatable bonds is 0. The molecule has 0 saturated carbocycles. The fourth-order valence-electron chi connectivity index (χ4n) is 1.94. The zero-order valence-corrected chi connectivity index (χ0v) is 9.50. The van der Waals surface area contributed by atoms with Crippen molar-refractivity contribution in [1.29, 1.82) is 0 Å². The van der Waals surface area contributed by atoms with E-state index < -0.39 is 0 Å². The number of amides is 1. The Bertz CT molecular complexity index is 387. The predicted molar refractivity (Wildman–Crippen MR) is 57.9 cm³/mol. The molecule has 0 atom stereocenters. The summed E-state index contributed by atoms with van der Waals surface area (Å²) in [5, 5.41) is 7.19. The van der Waals surface area contributed by atoms with Crippen LogP contribution in [0.3, 0.4) is 0 Å². The van der Waals surface area contributed by atoms with Gasteiger partial charge in [0.05, 0.1) is 23.0 Å². The smallest absolute Gasteiger partial charge is 0.254 e. The van der Waals surface area contributed by atoms with Gasteiger partial charge in [0.25, 0.3) is 5.91 Å². The van der Waals surface area contributed by atoms with Crippen LogP contribution < -0.4 is 5.32 Å². The van der Waals surface area contributed by atoms with Crippen molar-refractivity contribution in [2.24, 2.45) is 0 Å². The van der Waals surface area contributed by atoms with Gasteiger partial charge in [-0.2, -0.15) is 5.10 Å². The van der Waals surface area contributed by atoms with E-state index in [2.05, 4.69) is 31.2 Å². The highest BCUT2D eigenvalue weighted by molar-refractivity contribution is 5.95. The lowest BCUT2D eigenvalue weighted by molar-refractivity contribution is 0.0956. The molecule has 0 aliphatic carbocycles. The maximum absolute atomic E-state index is 11.7. The number of hydrogen-bond acceptors (Lipinski definition) is 2. The Morgan fingerprint density at radius 3 is 2.87 bits per heavy atom. The second kappa shape index (κ2) is 3.36. The van der Waals surface area contributed by atoms with Crippen molar-refractivity contribution in [2.75, 3.05) is 6.54 Å². The van der Waals surface area contributed by atoms with Crippen molar-refractivity contribution in [3.63, 3.8) is 0 Å². The van der Waals surface area contributed by atoms with Gasteiger partial charge < -0.3 is 5.32 Å². The second-order valence-corrected chi connectivity index (χ2v) is 4.95. The summed E-state index contributed by atoms with van der Waals surface area (Å²) in [7, 11) is 0. The maximum Gasteiger partial charge on any atom is 0.254 e. The molecule has 15 heavy (non-hydrogen) atoms. The van der Waals surface area contributed by atoms with Gasteiger partial charge >= 0.3 is 0 Å². The Hall–Kier alpha value is -1.32. The van der Waals surface area contributed by atoms with Crippen molar-refractivity contribution in [3.8, 4) is 0 Å². The zero-order chi connectivity index (χ0) is 11.1. The number of fused-ring (bicyclic) bond motifs is 1. The van der Waals surface area contributed by atoms with Crippen molar-refractivity contribution in [3.05, 3.63) is 17.5 Å². The molecule has 2 rings (SSSR count). The third kappa shape index (κ3) is 1.76. The van der Waals surface area contributed by atoms with E-state index in [0.29, 0.717) is 0 Å². The number of aromatic nitrogens is 2. The van der Waals surface area contributed by atoms with Gasteiger partial charge in [-0.25, -0.2) is 0 Å². The molecule has 0 aromatic carbocycles. The van der Waals surface area contributed by atoms with Crippen LogP contribution in [-0.4, -0.2) is 22.2 Å². The third-order valence-corrected chi connectivity index (χ3v) is 2.62. The van der Waals surface area contributed by atoms with Crippen LogP contribution in [0.2, 0.25) is 0 Å². The van der Waals surface area contributed by atoms with Crippen LogP contribution in [0.15, 0.2) is 6.20 Å². The molecule has 0 spiro atoms. The van der Waals surface area contributed by atoms with E-state index in [1.54, 1.807) is 6.20 Å². The minimum atomic E-state index is -0.0573. The summed E-state index contributed by atoms with van der Waals surface area (Å²) in [4.78, 5) is 11.7. The quantitative estimate of drug-likeness (QED) is 0.697. The molecule has 0 unspecified atom stereocenters. The SMILES string of the molecule is CC(C)(C)n1ncc2c1CCCNC2=O. The molecule has 4 heteroatoms. The van der Waals surface area contributed by atoms with Crippen LogP contribution >= 0.6 is 0 Å². The fourth-order valence-corrected chi connectivity index (χ4v) is 1.94. The fraction of sp³-hybridized carbons (Fsp3) is 0.636. The maximum atomic E-state index is 11.7. The topological polar surface area (TPSA) is 46.9 Å². The van der Waals surface area contributed by atoms with Crippen molar-refractivity contribution in [2.45, 2.75) is 39.2 Å². The molecule has 1 amide bonds. The summed E-state index contributed by atoms with van der Waals surface area (Å²) in [5.74, 6) is 0.0120. The van der Waals surface area contributed by atoms with E-state index in [9.17, 15) is 4.79 Å². The van der Waals surface area contributed by atoms with Crippen molar-refractivity contribution >= 4 is 5.91 Å². The average molecular weight is 207 g/mol. The van der Waals surface area contributed by atoms with Crippen LogP contribution in [0.4, 0.5) is 0 Å². The summed E-state index contributed by atoms with van der Waals surface area (Å²) in [6.45, 7) is 7.06. The minimum absolute atomic E-state index is 0.0120. The van der Waals surface area contributed by atoms with Gasteiger partial charge in [0.15, 0.2) is 0 Å². The molecular weight excluding hydrogens is 190 g/mol. The summed E-state index contributed by atoms with van der Waals surface area (Å²) in [6, 6.07) is 0. The molecule has 0 fully saturated rings. The monoisotopic (exact) mass is 207 g/mol. The van der Waals surface area contributed by atoms with Gasteiger partial charge in [0, 0.05) is 6.54 Å². The summed E-state index contributed by atoms with van der Waals surface area (Å²) >= 11 is 0. The number of nitrogens with zero attached hydrogens (tertiary/aromatic N) is 2. The highest BCUT2D eigenvalue weighted by Crippen LogP contribution is 2.21. The normalized spacial score (nSPS) is 16.9. The highest BCUT2D eigenvalue weighted by atomic mass is 16.1. The van der Waals surface area contributed by atoms with Gasteiger partial charge in [-0.05, 0) is 33.6 Å². The molecule has 0 bridgehead atoms. The van der Waals surface area contributed by atoms with E-state index in [1.165, 1.54) is 0 Å². The van der Waals surface area contributed by atoms with Crippen LogP contribution in [0.1, 0.15) is 43.2 Å². The molecule has 1 aliphatic rings. The van der Waals surface area contributed by atoms with E-state index in [1.807, 2.05) is 4.68 Å². The lowest BCUT2D eigenvalue weighted by Gasteiger charge is -2.22. The van der Waals surface area contributed by atoms with Gasteiger partial charge in [-0.15, -0.1) is 0 Å². The van der Waals surface area contributed by atoms with Gasteiger partial charge in [0.1, 0.15) is 0 Å². The summed E-state index contributed by atoms with van der Waals surface area (Å²) in [6.07, 6.45) is 3.59. The van der Waals surface area contributed by atoms with Crippen LogP contribution in [0, 0.1) is 0 Å². The first-order valence-electron chi connectivity index (χ1n) is 5.36. The lowest BCUT2D eigenvalue weighted by atomic mass is 10.1. The first-order valence-corrected chi connectivity index (χ1v) is 5.36. The van der Waals surface area contributed by atoms with Gasteiger partial charge in [0.2, 0.25) is 0 Å². The Balaban J connectivity index is 2.49. The van der Waals surface area contributed by atoms with E-state index >= 15 is 0 Å². The Morgan fingerprint density at radius 1 is 1.47 bits per heavy atom. The molecule has 0 radical (unpaired) electrons. The molecule has 2 heterocycles.